The molecule has 2 heterocycles. The zero-order valence-electron chi connectivity index (χ0n) is 14.4. The van der Waals surface area contributed by atoms with E-state index in [0.717, 1.165) is 29.7 Å². The third kappa shape index (κ3) is 3.83. The lowest BCUT2D eigenvalue weighted by Crippen LogP contribution is -2.52. The Hall–Kier alpha value is -2.18. The number of aromatic nitrogens is 1. The van der Waals surface area contributed by atoms with Crippen molar-refractivity contribution < 1.29 is 9.53 Å². The number of amides is 2. The first-order valence-corrected chi connectivity index (χ1v) is 8.27. The van der Waals surface area contributed by atoms with Gasteiger partial charge in [0.25, 0.3) is 0 Å². The van der Waals surface area contributed by atoms with Crippen LogP contribution in [0.2, 0.25) is 0 Å². The minimum Gasteiger partial charge on any atom is -0.373 e. The first-order valence-electron chi connectivity index (χ1n) is 8.27. The highest BCUT2D eigenvalue weighted by Gasteiger charge is 2.24. The predicted octanol–water partition coefficient (Wildman–Crippen LogP) is 2.38. The van der Waals surface area contributed by atoms with Gasteiger partial charge in [0.15, 0.2) is 0 Å². The molecular weight excluding hydrogens is 304 g/mol. The fourth-order valence-corrected chi connectivity index (χ4v) is 2.92. The van der Waals surface area contributed by atoms with Gasteiger partial charge in [-0.3, -0.25) is 4.98 Å². The van der Waals surface area contributed by atoms with Crippen molar-refractivity contribution in [1.29, 1.82) is 0 Å². The Morgan fingerprint density at radius 2 is 2.21 bits per heavy atom. The summed E-state index contributed by atoms with van der Waals surface area (Å²) in [5.41, 5.74) is 2.43. The Kier molecular flexibility index (Phi) is 4.97. The maximum absolute atomic E-state index is 12.4. The van der Waals surface area contributed by atoms with E-state index in [1.807, 2.05) is 44.2 Å². The van der Waals surface area contributed by atoms with Crippen LogP contribution in [0.5, 0.6) is 0 Å². The van der Waals surface area contributed by atoms with Gasteiger partial charge in [0.2, 0.25) is 0 Å². The first kappa shape index (κ1) is 16.7. The summed E-state index contributed by atoms with van der Waals surface area (Å²) in [6.07, 6.45) is 0.00221. The van der Waals surface area contributed by atoms with E-state index in [4.69, 9.17) is 4.74 Å². The van der Waals surface area contributed by atoms with Crippen molar-refractivity contribution >= 4 is 22.6 Å². The second-order valence-corrected chi connectivity index (χ2v) is 6.39. The van der Waals surface area contributed by atoms with E-state index in [9.17, 15) is 4.79 Å². The van der Waals surface area contributed by atoms with Crippen LogP contribution in [0.25, 0.3) is 10.9 Å². The van der Waals surface area contributed by atoms with Gasteiger partial charge in [0, 0.05) is 24.2 Å². The third-order valence-corrected chi connectivity index (χ3v) is 4.32. The standard InChI is InChI=1S/C18H24N4O2/c1-12-7-8-14-5-4-6-15(17(14)19-12)21-18(23)20-13(2)16-11-22(3)9-10-24-16/h4-8,13,16H,9-11H2,1-3H3,(H2,20,21,23)/t13-,16-/m1/s1. The van der Waals surface area contributed by atoms with E-state index in [2.05, 4.69) is 27.6 Å². The highest BCUT2D eigenvalue weighted by molar-refractivity contribution is 5.99. The minimum atomic E-state index is -0.241. The molecule has 2 N–H and O–H groups in total. The Morgan fingerprint density at radius 3 is 3.00 bits per heavy atom. The molecule has 0 spiro atoms. The average Bonchev–Trinajstić information content (AvgIpc) is 2.55. The van der Waals surface area contributed by atoms with Crippen molar-refractivity contribution in [3.05, 3.63) is 36.0 Å². The SMILES string of the molecule is Cc1ccc2cccc(NC(=O)N[C@H](C)[C@H]3CN(C)CCO3)c2n1. The van der Waals surface area contributed by atoms with Crippen LogP contribution in [0.4, 0.5) is 10.5 Å². The number of ether oxygens (including phenoxy) is 1. The third-order valence-electron chi connectivity index (χ3n) is 4.32. The quantitative estimate of drug-likeness (QED) is 0.908. The molecular formula is C18H24N4O2. The van der Waals surface area contributed by atoms with Gasteiger partial charge in [0.05, 0.1) is 30.0 Å². The highest BCUT2D eigenvalue weighted by Crippen LogP contribution is 2.21. The molecule has 0 bridgehead atoms. The van der Waals surface area contributed by atoms with Gasteiger partial charge in [-0.25, -0.2) is 4.79 Å². The smallest absolute Gasteiger partial charge is 0.319 e. The number of carbonyl (C=O) groups excluding carboxylic acids is 1. The average molecular weight is 328 g/mol. The molecule has 1 fully saturated rings. The molecule has 0 saturated carbocycles. The molecule has 1 aliphatic rings. The van der Waals surface area contributed by atoms with Crippen LogP contribution in [0.15, 0.2) is 30.3 Å². The number of morpholine rings is 1. The van der Waals surface area contributed by atoms with E-state index in [1.165, 1.54) is 0 Å². The number of para-hydroxylation sites is 1. The molecule has 2 amide bonds. The molecule has 24 heavy (non-hydrogen) atoms. The normalized spacial score (nSPS) is 19.9. The number of nitrogens with one attached hydrogen (secondary N) is 2. The van der Waals surface area contributed by atoms with Crippen LogP contribution in [-0.4, -0.2) is 54.8 Å². The Balaban J connectivity index is 1.67. The fraction of sp³-hybridized carbons (Fsp3) is 0.444. The lowest BCUT2D eigenvalue weighted by molar-refractivity contribution is -0.0331. The van der Waals surface area contributed by atoms with Gasteiger partial charge >= 0.3 is 6.03 Å². The maximum Gasteiger partial charge on any atom is 0.319 e. The van der Waals surface area contributed by atoms with Gasteiger partial charge < -0.3 is 20.3 Å². The number of anilines is 1. The zero-order chi connectivity index (χ0) is 17.1. The summed E-state index contributed by atoms with van der Waals surface area (Å²) in [5.74, 6) is 0. The molecule has 1 aromatic carbocycles. The molecule has 6 heteroatoms. The minimum absolute atomic E-state index is 0.00221. The topological polar surface area (TPSA) is 66.5 Å². The highest BCUT2D eigenvalue weighted by atomic mass is 16.5. The van der Waals surface area contributed by atoms with Gasteiger partial charge in [-0.15, -0.1) is 0 Å². The molecule has 1 saturated heterocycles. The van der Waals surface area contributed by atoms with Crippen molar-refractivity contribution in [3.8, 4) is 0 Å². The van der Waals surface area contributed by atoms with Crippen LogP contribution in [0.1, 0.15) is 12.6 Å². The number of benzene rings is 1. The van der Waals surface area contributed by atoms with E-state index in [-0.39, 0.29) is 18.2 Å². The fourth-order valence-electron chi connectivity index (χ4n) is 2.92. The van der Waals surface area contributed by atoms with E-state index >= 15 is 0 Å². The molecule has 0 unspecified atom stereocenters. The van der Waals surface area contributed by atoms with E-state index in [0.29, 0.717) is 12.3 Å². The molecule has 3 rings (SSSR count). The number of carbonyl (C=O) groups is 1. The number of hydrogen-bond acceptors (Lipinski definition) is 4. The molecule has 0 aliphatic carbocycles. The predicted molar refractivity (Wildman–Crippen MR) is 95.3 cm³/mol. The van der Waals surface area contributed by atoms with E-state index in [1.54, 1.807) is 0 Å². The summed E-state index contributed by atoms with van der Waals surface area (Å²) in [7, 11) is 2.06. The number of aryl methyl sites for hydroxylation is 1. The first-order chi connectivity index (χ1) is 11.5. The zero-order valence-corrected chi connectivity index (χ0v) is 14.4. The molecule has 0 radical (unpaired) electrons. The van der Waals surface area contributed by atoms with Crippen molar-refractivity contribution in [2.45, 2.75) is 26.0 Å². The van der Waals surface area contributed by atoms with Crippen LogP contribution in [0.3, 0.4) is 0 Å². The van der Waals surface area contributed by atoms with Crippen LogP contribution in [-0.2, 0) is 4.74 Å². The molecule has 6 nitrogen and oxygen atoms in total. The lowest BCUT2D eigenvalue weighted by atomic mass is 10.1. The van der Waals surface area contributed by atoms with Crippen LogP contribution < -0.4 is 10.6 Å². The molecule has 128 valence electrons. The van der Waals surface area contributed by atoms with Crippen molar-refractivity contribution in [3.63, 3.8) is 0 Å². The van der Waals surface area contributed by atoms with Gasteiger partial charge in [-0.2, -0.15) is 0 Å². The Labute approximate surface area is 142 Å². The van der Waals surface area contributed by atoms with E-state index < -0.39 is 0 Å². The Bertz CT molecular complexity index is 734. The second kappa shape index (κ2) is 7.15. The Morgan fingerprint density at radius 1 is 1.38 bits per heavy atom. The summed E-state index contributed by atoms with van der Waals surface area (Å²) in [4.78, 5) is 19.1. The van der Waals surface area contributed by atoms with Crippen molar-refractivity contribution in [2.75, 3.05) is 32.1 Å². The van der Waals surface area contributed by atoms with Crippen molar-refractivity contribution in [2.24, 2.45) is 0 Å². The van der Waals surface area contributed by atoms with Gasteiger partial charge in [-0.1, -0.05) is 18.2 Å². The maximum atomic E-state index is 12.4. The lowest BCUT2D eigenvalue weighted by Gasteiger charge is -2.33. The summed E-state index contributed by atoms with van der Waals surface area (Å²) >= 11 is 0. The molecule has 1 aromatic heterocycles. The van der Waals surface area contributed by atoms with Gasteiger partial charge in [-0.05, 0) is 33.0 Å². The molecule has 2 aromatic rings. The van der Waals surface area contributed by atoms with Crippen LogP contribution >= 0.6 is 0 Å². The largest absolute Gasteiger partial charge is 0.373 e. The number of rotatable bonds is 3. The second-order valence-electron chi connectivity index (χ2n) is 6.39. The number of hydrogen-bond donors (Lipinski definition) is 2. The summed E-state index contributed by atoms with van der Waals surface area (Å²) in [6.45, 7) is 6.35. The number of likely N-dealkylation sites (N-methyl/N-ethyl adjacent to an activating group) is 1. The summed E-state index contributed by atoms with van der Waals surface area (Å²) in [6, 6.07) is 9.42. The molecule has 1 aliphatic heterocycles. The summed E-state index contributed by atoms with van der Waals surface area (Å²) in [5, 5.41) is 6.88. The number of nitrogens with zero attached hydrogens (tertiary/aromatic N) is 2. The number of urea groups is 1. The summed E-state index contributed by atoms with van der Waals surface area (Å²) < 4.78 is 5.75. The van der Waals surface area contributed by atoms with Gasteiger partial charge in [0.1, 0.15) is 0 Å². The number of fused-ring (bicyclic) bond motifs is 1. The monoisotopic (exact) mass is 328 g/mol. The van der Waals surface area contributed by atoms with Crippen molar-refractivity contribution in [1.82, 2.24) is 15.2 Å². The number of pyridine rings is 1. The van der Waals surface area contributed by atoms with Crippen LogP contribution in [0, 0.1) is 6.92 Å². The molecule has 2 atom stereocenters.